The van der Waals surface area contributed by atoms with E-state index in [9.17, 15) is 14.4 Å². The van der Waals surface area contributed by atoms with Crippen molar-refractivity contribution < 1.29 is 14.4 Å². The topological polar surface area (TPSA) is 69.7 Å². The van der Waals surface area contributed by atoms with Gasteiger partial charge >= 0.3 is 6.03 Å². The summed E-state index contributed by atoms with van der Waals surface area (Å²) < 4.78 is 0. The summed E-state index contributed by atoms with van der Waals surface area (Å²) in [4.78, 5) is 42.1. The van der Waals surface area contributed by atoms with Gasteiger partial charge < -0.3 is 4.90 Å². The van der Waals surface area contributed by atoms with Crippen LogP contribution in [0.15, 0.2) is 54.6 Å². The van der Waals surface area contributed by atoms with E-state index in [1.54, 1.807) is 0 Å². The van der Waals surface area contributed by atoms with E-state index in [1.807, 2.05) is 36.4 Å². The zero-order valence-corrected chi connectivity index (χ0v) is 16.3. The Morgan fingerprint density at radius 3 is 2.52 bits per heavy atom. The first kappa shape index (κ1) is 17.9. The van der Waals surface area contributed by atoms with E-state index in [4.69, 9.17) is 0 Å². The maximum Gasteiger partial charge on any atom is 0.330 e. The standard InChI is InChI=1S/C23H23N3O3/c1-25-21(28)23(20(27)24-22(25)29)14-17-9-5-6-10-18(17)26-12-11-16(13-19(23)26)15-7-3-2-4-8-15/h2-10,16,19H,11-14H2,1H3,(H,24,27,29). The summed E-state index contributed by atoms with van der Waals surface area (Å²) in [6.45, 7) is 0.765. The Balaban J connectivity index is 1.63. The molecule has 5 rings (SSSR count). The van der Waals surface area contributed by atoms with E-state index < -0.39 is 23.3 Å². The quantitative estimate of drug-likeness (QED) is 0.762. The molecule has 3 atom stereocenters. The van der Waals surface area contributed by atoms with Gasteiger partial charge in [-0.05, 0) is 42.4 Å². The number of hydrogen-bond donors (Lipinski definition) is 1. The molecule has 1 spiro atoms. The van der Waals surface area contributed by atoms with Crippen molar-refractivity contribution in [1.82, 2.24) is 10.2 Å². The summed E-state index contributed by atoms with van der Waals surface area (Å²) in [6.07, 6.45) is 1.96. The van der Waals surface area contributed by atoms with E-state index in [-0.39, 0.29) is 12.0 Å². The first-order valence-electron chi connectivity index (χ1n) is 10.1. The molecule has 2 aromatic rings. The van der Waals surface area contributed by atoms with Crippen molar-refractivity contribution in [3.8, 4) is 0 Å². The number of imide groups is 2. The molecule has 3 aliphatic rings. The van der Waals surface area contributed by atoms with E-state index in [1.165, 1.54) is 12.6 Å². The highest BCUT2D eigenvalue weighted by Crippen LogP contribution is 2.49. The van der Waals surface area contributed by atoms with Gasteiger partial charge in [0.05, 0.1) is 6.04 Å². The fourth-order valence-corrected chi connectivity index (χ4v) is 5.34. The molecule has 0 aromatic heterocycles. The van der Waals surface area contributed by atoms with Crippen molar-refractivity contribution in [3.63, 3.8) is 0 Å². The van der Waals surface area contributed by atoms with Crippen LogP contribution in [-0.2, 0) is 16.0 Å². The summed E-state index contributed by atoms with van der Waals surface area (Å²) in [5.41, 5.74) is 2.02. The molecule has 6 heteroatoms. The molecule has 3 aliphatic heterocycles. The van der Waals surface area contributed by atoms with Crippen molar-refractivity contribution in [1.29, 1.82) is 0 Å². The number of carbonyl (C=O) groups excluding carboxylic acids is 3. The second kappa shape index (κ2) is 6.44. The summed E-state index contributed by atoms with van der Waals surface area (Å²) in [7, 11) is 1.45. The molecular weight excluding hydrogens is 366 g/mol. The molecule has 0 radical (unpaired) electrons. The van der Waals surface area contributed by atoms with Crippen LogP contribution < -0.4 is 10.2 Å². The average Bonchev–Trinajstić information content (AvgIpc) is 2.76. The number of nitrogens with zero attached hydrogens (tertiary/aromatic N) is 2. The largest absolute Gasteiger partial charge is 0.367 e. The number of para-hydroxylation sites is 1. The molecule has 3 heterocycles. The monoisotopic (exact) mass is 389 g/mol. The Hall–Kier alpha value is -3.15. The van der Waals surface area contributed by atoms with Crippen molar-refractivity contribution in [2.75, 3.05) is 18.5 Å². The average molecular weight is 389 g/mol. The number of piperidine rings is 1. The third kappa shape index (κ3) is 2.51. The number of amides is 4. The zero-order chi connectivity index (χ0) is 20.2. The molecule has 4 amide bonds. The molecule has 29 heavy (non-hydrogen) atoms. The van der Waals surface area contributed by atoms with Gasteiger partial charge in [0.25, 0.3) is 0 Å². The molecule has 2 fully saturated rings. The maximum atomic E-state index is 13.4. The summed E-state index contributed by atoms with van der Waals surface area (Å²) in [5, 5.41) is 2.44. The SMILES string of the molecule is CN1C(=O)NC(=O)C2(Cc3ccccc3N3CCC(c4ccccc4)CC32)C1=O. The van der Waals surface area contributed by atoms with Crippen LogP contribution in [0.2, 0.25) is 0 Å². The lowest BCUT2D eigenvalue weighted by Crippen LogP contribution is -2.72. The number of rotatable bonds is 1. The van der Waals surface area contributed by atoms with Gasteiger partial charge in [-0.2, -0.15) is 0 Å². The van der Waals surface area contributed by atoms with Gasteiger partial charge in [0, 0.05) is 19.3 Å². The van der Waals surface area contributed by atoms with Crippen LogP contribution in [0.25, 0.3) is 0 Å². The predicted molar refractivity (Wildman–Crippen MR) is 108 cm³/mol. The highest BCUT2D eigenvalue weighted by atomic mass is 16.2. The molecule has 2 saturated heterocycles. The van der Waals surface area contributed by atoms with Crippen molar-refractivity contribution in [3.05, 3.63) is 65.7 Å². The van der Waals surface area contributed by atoms with Crippen LogP contribution in [0.3, 0.4) is 0 Å². The predicted octanol–water partition coefficient (Wildman–Crippen LogP) is 2.69. The van der Waals surface area contributed by atoms with Crippen LogP contribution in [0.5, 0.6) is 0 Å². The Morgan fingerprint density at radius 1 is 1.00 bits per heavy atom. The number of carbonyl (C=O) groups is 3. The van der Waals surface area contributed by atoms with Crippen molar-refractivity contribution >= 4 is 23.5 Å². The highest BCUT2D eigenvalue weighted by molar-refractivity contribution is 6.20. The summed E-state index contributed by atoms with van der Waals surface area (Å²) in [5.74, 6) is -0.601. The number of fused-ring (bicyclic) bond motifs is 4. The van der Waals surface area contributed by atoms with Gasteiger partial charge in [0.2, 0.25) is 11.8 Å². The zero-order valence-electron chi connectivity index (χ0n) is 16.3. The Bertz CT molecular complexity index is 1010. The minimum atomic E-state index is -1.29. The number of urea groups is 1. The van der Waals surface area contributed by atoms with Gasteiger partial charge in [0.15, 0.2) is 5.41 Å². The Labute approximate surface area is 169 Å². The Kier molecular flexibility index (Phi) is 3.98. The lowest BCUT2D eigenvalue weighted by atomic mass is 9.64. The van der Waals surface area contributed by atoms with Crippen LogP contribution in [-0.4, -0.2) is 42.4 Å². The van der Waals surface area contributed by atoms with Gasteiger partial charge in [0.1, 0.15) is 0 Å². The second-order valence-electron chi connectivity index (χ2n) is 8.24. The minimum Gasteiger partial charge on any atom is -0.367 e. The lowest BCUT2D eigenvalue weighted by molar-refractivity contribution is -0.153. The van der Waals surface area contributed by atoms with E-state index in [0.29, 0.717) is 12.8 Å². The normalized spacial score (nSPS) is 28.8. The minimum absolute atomic E-state index is 0.267. The van der Waals surface area contributed by atoms with Gasteiger partial charge in [-0.1, -0.05) is 48.5 Å². The van der Waals surface area contributed by atoms with E-state index in [0.717, 1.165) is 29.1 Å². The molecule has 0 saturated carbocycles. The number of nitrogens with one attached hydrogen (secondary N) is 1. The smallest absolute Gasteiger partial charge is 0.330 e. The van der Waals surface area contributed by atoms with Crippen LogP contribution >= 0.6 is 0 Å². The highest BCUT2D eigenvalue weighted by Gasteiger charge is 2.62. The van der Waals surface area contributed by atoms with Gasteiger partial charge in [-0.25, -0.2) is 4.79 Å². The van der Waals surface area contributed by atoms with Crippen LogP contribution in [0.1, 0.15) is 29.9 Å². The molecule has 2 aromatic carbocycles. The number of anilines is 1. The number of hydrogen-bond acceptors (Lipinski definition) is 4. The van der Waals surface area contributed by atoms with E-state index in [2.05, 4.69) is 28.4 Å². The third-order valence-corrected chi connectivity index (χ3v) is 6.83. The molecular formula is C23H23N3O3. The molecule has 3 unspecified atom stereocenters. The molecule has 1 N–H and O–H groups in total. The van der Waals surface area contributed by atoms with E-state index >= 15 is 0 Å². The fraction of sp³-hybridized carbons (Fsp3) is 0.348. The molecule has 0 bridgehead atoms. The van der Waals surface area contributed by atoms with Crippen molar-refractivity contribution in [2.45, 2.75) is 31.2 Å². The van der Waals surface area contributed by atoms with Crippen LogP contribution in [0.4, 0.5) is 10.5 Å². The number of barbiturate groups is 1. The van der Waals surface area contributed by atoms with Gasteiger partial charge in [-0.15, -0.1) is 0 Å². The third-order valence-electron chi connectivity index (χ3n) is 6.83. The van der Waals surface area contributed by atoms with Gasteiger partial charge in [-0.3, -0.25) is 19.8 Å². The molecule has 148 valence electrons. The Morgan fingerprint density at radius 2 is 1.72 bits per heavy atom. The number of benzene rings is 2. The first-order chi connectivity index (χ1) is 14.0. The van der Waals surface area contributed by atoms with Crippen molar-refractivity contribution in [2.24, 2.45) is 5.41 Å². The van der Waals surface area contributed by atoms with Crippen LogP contribution in [0, 0.1) is 5.41 Å². The molecule has 0 aliphatic carbocycles. The maximum absolute atomic E-state index is 13.4. The summed E-state index contributed by atoms with van der Waals surface area (Å²) in [6, 6.07) is 17.3. The lowest BCUT2D eigenvalue weighted by Gasteiger charge is -2.54. The molecule has 6 nitrogen and oxygen atoms in total. The first-order valence-corrected chi connectivity index (χ1v) is 10.1. The fourth-order valence-electron chi connectivity index (χ4n) is 5.34. The second-order valence-corrected chi connectivity index (χ2v) is 8.24. The summed E-state index contributed by atoms with van der Waals surface area (Å²) >= 11 is 0.